The van der Waals surface area contributed by atoms with Crippen molar-refractivity contribution in [1.29, 1.82) is 0 Å². The van der Waals surface area contributed by atoms with Crippen molar-refractivity contribution in [2.45, 2.75) is 64.8 Å². The molecule has 2 heteroatoms. The van der Waals surface area contributed by atoms with Crippen molar-refractivity contribution in [3.05, 3.63) is 11.8 Å². The van der Waals surface area contributed by atoms with E-state index < -0.39 is 8.07 Å². The third-order valence-corrected chi connectivity index (χ3v) is 3.40. The van der Waals surface area contributed by atoms with Gasteiger partial charge in [0.1, 0.15) is 0 Å². The Morgan fingerprint density at radius 1 is 1.21 bits per heavy atom. The summed E-state index contributed by atoms with van der Waals surface area (Å²) < 4.78 is 0. The van der Waals surface area contributed by atoms with Gasteiger partial charge in [-0.05, 0) is 12.8 Å². The van der Waals surface area contributed by atoms with Gasteiger partial charge in [-0.3, -0.25) is 0 Å². The third kappa shape index (κ3) is 10.0. The molecule has 0 aliphatic rings. The summed E-state index contributed by atoms with van der Waals surface area (Å²) in [5.41, 5.74) is 2.32. The summed E-state index contributed by atoms with van der Waals surface area (Å²) in [5, 5.41) is 9.64. The van der Waals surface area contributed by atoms with Crippen LogP contribution in [0.25, 0.3) is 0 Å². The first-order valence-corrected chi connectivity index (χ1v) is 9.39. The van der Waals surface area contributed by atoms with E-state index in [1.165, 1.54) is 19.3 Å². The van der Waals surface area contributed by atoms with E-state index in [1.54, 1.807) is 0 Å². The molecule has 1 nitrogen and oxygen atoms in total. The minimum Gasteiger partial charge on any atom is -0.393 e. The Labute approximate surface area is 90.2 Å². The van der Waals surface area contributed by atoms with Crippen LogP contribution in [0.1, 0.15) is 39.0 Å². The van der Waals surface area contributed by atoms with Crippen LogP contribution in [0.3, 0.4) is 0 Å². The molecule has 0 bridgehead atoms. The smallest absolute Gasteiger partial charge is 0.0682 e. The van der Waals surface area contributed by atoms with Crippen LogP contribution in [0.4, 0.5) is 0 Å². The Bertz CT molecular complexity index is 158. The normalized spacial score (nSPS) is 14.9. The van der Waals surface area contributed by atoms with E-state index >= 15 is 0 Å². The number of rotatable bonds is 7. The van der Waals surface area contributed by atoms with E-state index in [0.717, 1.165) is 12.8 Å². The minimum atomic E-state index is -1.05. The van der Waals surface area contributed by atoms with Gasteiger partial charge in [0.25, 0.3) is 0 Å². The molecule has 84 valence electrons. The van der Waals surface area contributed by atoms with Crippen molar-refractivity contribution >= 4 is 8.07 Å². The lowest BCUT2D eigenvalue weighted by atomic mass is 10.1. The van der Waals surface area contributed by atoms with Crippen molar-refractivity contribution in [1.82, 2.24) is 0 Å². The van der Waals surface area contributed by atoms with Crippen molar-refractivity contribution in [3.63, 3.8) is 0 Å². The van der Waals surface area contributed by atoms with Crippen molar-refractivity contribution in [2.75, 3.05) is 0 Å². The summed E-state index contributed by atoms with van der Waals surface area (Å²) in [6.45, 7) is 9.13. The largest absolute Gasteiger partial charge is 0.393 e. The van der Waals surface area contributed by atoms with Crippen LogP contribution in [0.2, 0.25) is 19.6 Å². The lowest BCUT2D eigenvalue weighted by molar-refractivity contribution is 0.164. The van der Waals surface area contributed by atoms with Gasteiger partial charge in [0.05, 0.1) is 14.2 Å². The first kappa shape index (κ1) is 13.9. The third-order valence-electron chi connectivity index (χ3n) is 2.17. The highest BCUT2D eigenvalue weighted by Crippen LogP contribution is 2.08. The number of aliphatic hydroxyl groups excluding tert-OH is 1. The van der Waals surface area contributed by atoms with E-state index in [-0.39, 0.29) is 6.10 Å². The summed E-state index contributed by atoms with van der Waals surface area (Å²) >= 11 is 0. The first-order chi connectivity index (χ1) is 6.45. The highest BCUT2D eigenvalue weighted by Gasteiger charge is 2.07. The molecular weight excluding hydrogens is 188 g/mol. The van der Waals surface area contributed by atoms with Gasteiger partial charge >= 0.3 is 0 Å². The fourth-order valence-corrected chi connectivity index (χ4v) is 2.17. The van der Waals surface area contributed by atoms with Crippen LogP contribution in [0.5, 0.6) is 0 Å². The Morgan fingerprint density at radius 2 is 1.86 bits per heavy atom. The van der Waals surface area contributed by atoms with E-state index in [1.807, 2.05) is 0 Å². The zero-order chi connectivity index (χ0) is 11.0. The molecule has 0 radical (unpaired) electrons. The van der Waals surface area contributed by atoms with Gasteiger partial charge in [-0.1, -0.05) is 57.6 Å². The Kier molecular flexibility index (Phi) is 7.20. The second-order valence-electron chi connectivity index (χ2n) is 5.15. The van der Waals surface area contributed by atoms with Gasteiger partial charge in [0.15, 0.2) is 0 Å². The van der Waals surface area contributed by atoms with E-state index in [0.29, 0.717) is 0 Å². The highest BCUT2D eigenvalue weighted by atomic mass is 28.3. The number of hydrogen-bond donors (Lipinski definition) is 1. The SMILES string of the molecule is CCCCC[C@@H](O)C/C=C/[Si](C)(C)C. The summed E-state index contributed by atoms with van der Waals surface area (Å²) in [6.07, 6.45) is 7.50. The molecule has 0 fully saturated rings. The lowest BCUT2D eigenvalue weighted by Crippen LogP contribution is -2.16. The standard InChI is InChI=1S/C12H26OSi/c1-5-6-7-9-12(13)10-8-11-14(2,3)4/h8,11-13H,5-7,9-10H2,1-4H3/b11-8+/t12-/m1/s1. The molecule has 0 unspecified atom stereocenters. The Balaban J connectivity index is 3.53. The second kappa shape index (κ2) is 7.24. The summed E-state index contributed by atoms with van der Waals surface area (Å²) in [4.78, 5) is 0. The molecule has 0 rings (SSSR count). The average molecular weight is 214 g/mol. The fraction of sp³-hybridized carbons (Fsp3) is 0.833. The molecule has 0 spiro atoms. The topological polar surface area (TPSA) is 20.2 Å². The van der Waals surface area contributed by atoms with Crippen molar-refractivity contribution in [3.8, 4) is 0 Å². The predicted octanol–water partition coefficient (Wildman–Crippen LogP) is 3.75. The van der Waals surface area contributed by atoms with E-state index in [4.69, 9.17) is 0 Å². The zero-order valence-corrected chi connectivity index (χ0v) is 11.2. The quantitative estimate of drug-likeness (QED) is 0.505. The van der Waals surface area contributed by atoms with Crippen molar-refractivity contribution < 1.29 is 5.11 Å². The number of unbranched alkanes of at least 4 members (excludes halogenated alkanes) is 2. The van der Waals surface area contributed by atoms with Crippen LogP contribution in [-0.4, -0.2) is 19.3 Å². The maximum Gasteiger partial charge on any atom is 0.0682 e. The summed E-state index contributed by atoms with van der Waals surface area (Å²) in [6, 6.07) is 0. The molecule has 0 aromatic carbocycles. The maximum atomic E-state index is 9.64. The van der Waals surface area contributed by atoms with Crippen LogP contribution < -0.4 is 0 Å². The number of hydrogen-bond acceptors (Lipinski definition) is 1. The number of aliphatic hydroxyl groups is 1. The molecular formula is C12H26OSi. The molecule has 0 aromatic rings. The van der Waals surface area contributed by atoms with Crippen LogP contribution >= 0.6 is 0 Å². The lowest BCUT2D eigenvalue weighted by Gasteiger charge is -2.10. The first-order valence-electron chi connectivity index (χ1n) is 5.81. The van der Waals surface area contributed by atoms with E-state index in [2.05, 4.69) is 38.3 Å². The molecule has 0 aliphatic carbocycles. The van der Waals surface area contributed by atoms with Gasteiger partial charge in [-0.15, -0.1) is 0 Å². The predicted molar refractivity (Wildman–Crippen MR) is 67.3 cm³/mol. The minimum absolute atomic E-state index is 0.117. The molecule has 14 heavy (non-hydrogen) atoms. The second-order valence-corrected chi connectivity index (χ2v) is 10.2. The molecule has 1 atom stereocenters. The van der Waals surface area contributed by atoms with Gasteiger partial charge < -0.3 is 5.11 Å². The maximum absolute atomic E-state index is 9.64. The molecule has 0 amide bonds. The average Bonchev–Trinajstić information content (AvgIpc) is 2.02. The Hall–Kier alpha value is -0.0831. The molecule has 0 saturated heterocycles. The van der Waals surface area contributed by atoms with Crippen molar-refractivity contribution in [2.24, 2.45) is 0 Å². The van der Waals surface area contributed by atoms with Gasteiger partial charge in [0, 0.05) is 0 Å². The molecule has 0 aliphatic heterocycles. The molecule has 0 saturated carbocycles. The molecule has 1 N–H and O–H groups in total. The summed E-state index contributed by atoms with van der Waals surface area (Å²) in [5.74, 6) is 0. The van der Waals surface area contributed by atoms with Crippen LogP contribution in [0.15, 0.2) is 11.8 Å². The monoisotopic (exact) mass is 214 g/mol. The fourth-order valence-electron chi connectivity index (χ4n) is 1.33. The van der Waals surface area contributed by atoms with Gasteiger partial charge in [-0.2, -0.15) is 0 Å². The van der Waals surface area contributed by atoms with Crippen LogP contribution in [0, 0.1) is 0 Å². The zero-order valence-electron chi connectivity index (χ0n) is 10.2. The Morgan fingerprint density at radius 3 is 2.36 bits per heavy atom. The molecule has 0 heterocycles. The van der Waals surface area contributed by atoms with E-state index in [9.17, 15) is 5.11 Å². The highest BCUT2D eigenvalue weighted by molar-refractivity contribution is 6.80. The van der Waals surface area contributed by atoms with Gasteiger partial charge in [-0.25, -0.2) is 0 Å². The van der Waals surface area contributed by atoms with Crippen LogP contribution in [-0.2, 0) is 0 Å². The molecule has 0 aromatic heterocycles. The van der Waals surface area contributed by atoms with Gasteiger partial charge in [0.2, 0.25) is 0 Å². The summed E-state index contributed by atoms with van der Waals surface area (Å²) in [7, 11) is -1.05.